The van der Waals surface area contributed by atoms with E-state index in [1.165, 1.54) is 18.7 Å². The molecule has 0 atom stereocenters. The molecule has 136 valence electrons. The maximum atomic E-state index is 12.7. The molecule has 1 aromatic carbocycles. The maximum absolute atomic E-state index is 12.7. The summed E-state index contributed by atoms with van der Waals surface area (Å²) in [7, 11) is 2.91. The number of hydrogen-bond acceptors (Lipinski definition) is 5. The monoisotopic (exact) mass is 394 g/mol. The Bertz CT molecular complexity index is 1130. The van der Waals surface area contributed by atoms with E-state index in [4.69, 9.17) is 16.7 Å². The fraction of sp³-hybridized carbons (Fsp3) is 0.250. The van der Waals surface area contributed by atoms with Crippen LogP contribution in [0.15, 0.2) is 39.0 Å². The molecular weight excluding hydrogens is 380 g/mol. The predicted molar refractivity (Wildman–Crippen MR) is 99.1 cm³/mol. The summed E-state index contributed by atoms with van der Waals surface area (Å²) in [6.45, 7) is 0.270. The minimum Gasteiger partial charge on any atom is -0.481 e. The average molecular weight is 395 g/mol. The van der Waals surface area contributed by atoms with Gasteiger partial charge in [-0.1, -0.05) is 35.5 Å². The zero-order chi connectivity index (χ0) is 19.0. The van der Waals surface area contributed by atoms with E-state index in [1.54, 1.807) is 22.8 Å². The third-order valence-electron chi connectivity index (χ3n) is 3.87. The first-order chi connectivity index (χ1) is 12.3. The Kier molecular flexibility index (Phi) is 4.92. The lowest BCUT2D eigenvalue weighted by atomic mass is 10.2. The Morgan fingerprint density at radius 1 is 1.27 bits per heavy atom. The zero-order valence-corrected chi connectivity index (χ0v) is 15.5. The summed E-state index contributed by atoms with van der Waals surface area (Å²) in [5.41, 5.74) is 0.296. The molecule has 2 aromatic heterocycles. The Morgan fingerprint density at radius 2 is 2.00 bits per heavy atom. The standard InChI is InChI=1S/C16H15ClN4O4S/c1-19-13-12(14(24)20(2)16(19)25)21(15(18-13)26-8-11(22)23)7-9-4-3-5-10(17)6-9/h3-6H,7-8H2,1-2H3,(H,22,23). The molecular formula is C16H15ClN4O4S. The van der Waals surface area contributed by atoms with Crippen LogP contribution in [0.4, 0.5) is 0 Å². The first-order valence-corrected chi connectivity index (χ1v) is 8.91. The van der Waals surface area contributed by atoms with Crippen LogP contribution in [0, 0.1) is 0 Å². The number of halogens is 1. The Hall–Kier alpha value is -2.52. The summed E-state index contributed by atoms with van der Waals surface area (Å²) in [5, 5.41) is 9.86. The molecule has 0 aliphatic carbocycles. The fourth-order valence-corrected chi connectivity index (χ4v) is 3.56. The summed E-state index contributed by atoms with van der Waals surface area (Å²) in [6, 6.07) is 7.12. The van der Waals surface area contributed by atoms with Gasteiger partial charge in [-0.25, -0.2) is 9.78 Å². The molecule has 0 saturated carbocycles. The summed E-state index contributed by atoms with van der Waals surface area (Å²) in [6.07, 6.45) is 0. The lowest BCUT2D eigenvalue weighted by molar-refractivity contribution is -0.133. The highest BCUT2D eigenvalue weighted by molar-refractivity contribution is 7.99. The van der Waals surface area contributed by atoms with Crippen LogP contribution in [0.2, 0.25) is 5.02 Å². The molecule has 0 aliphatic heterocycles. The van der Waals surface area contributed by atoms with Crippen molar-refractivity contribution in [2.24, 2.45) is 14.1 Å². The Labute approximate surface area is 156 Å². The second kappa shape index (κ2) is 7.00. The molecule has 0 fully saturated rings. The number of carboxylic acids is 1. The van der Waals surface area contributed by atoms with Crippen LogP contribution in [-0.2, 0) is 25.4 Å². The molecule has 0 amide bonds. The predicted octanol–water partition coefficient (Wildman–Crippen LogP) is 1.31. The van der Waals surface area contributed by atoms with E-state index < -0.39 is 17.2 Å². The molecule has 3 aromatic rings. The van der Waals surface area contributed by atoms with Crippen molar-refractivity contribution in [3.8, 4) is 0 Å². The van der Waals surface area contributed by atoms with Crippen molar-refractivity contribution < 1.29 is 9.90 Å². The van der Waals surface area contributed by atoms with Gasteiger partial charge < -0.3 is 9.67 Å². The van der Waals surface area contributed by atoms with Gasteiger partial charge in [-0.3, -0.25) is 18.7 Å². The van der Waals surface area contributed by atoms with Crippen molar-refractivity contribution in [3.63, 3.8) is 0 Å². The summed E-state index contributed by atoms with van der Waals surface area (Å²) < 4.78 is 3.90. The Balaban J connectivity index is 2.25. The van der Waals surface area contributed by atoms with Crippen LogP contribution in [0.1, 0.15) is 5.56 Å². The third-order valence-corrected chi connectivity index (χ3v) is 5.06. The van der Waals surface area contributed by atoms with Gasteiger partial charge in [-0.05, 0) is 17.7 Å². The topological polar surface area (TPSA) is 99.1 Å². The van der Waals surface area contributed by atoms with Crippen LogP contribution in [0.3, 0.4) is 0 Å². The van der Waals surface area contributed by atoms with E-state index in [0.717, 1.165) is 21.9 Å². The van der Waals surface area contributed by atoms with E-state index in [9.17, 15) is 14.4 Å². The number of nitrogens with zero attached hydrogens (tertiary/aromatic N) is 4. The number of hydrogen-bond donors (Lipinski definition) is 1. The molecule has 1 N–H and O–H groups in total. The SMILES string of the molecule is Cn1c(=O)c2c(nc(SCC(=O)O)n2Cc2cccc(Cl)c2)n(C)c1=O. The van der Waals surface area contributed by atoms with E-state index >= 15 is 0 Å². The number of fused-ring (bicyclic) bond motifs is 1. The molecule has 0 spiro atoms. The van der Waals surface area contributed by atoms with E-state index in [0.29, 0.717) is 10.2 Å². The smallest absolute Gasteiger partial charge is 0.332 e. The van der Waals surface area contributed by atoms with Crippen molar-refractivity contribution in [3.05, 3.63) is 55.7 Å². The summed E-state index contributed by atoms with van der Waals surface area (Å²) in [4.78, 5) is 40.1. The van der Waals surface area contributed by atoms with Gasteiger partial charge in [0, 0.05) is 19.1 Å². The van der Waals surface area contributed by atoms with Gasteiger partial charge in [-0.2, -0.15) is 0 Å². The van der Waals surface area contributed by atoms with E-state index in [-0.39, 0.29) is 23.5 Å². The van der Waals surface area contributed by atoms with Gasteiger partial charge >= 0.3 is 11.7 Å². The van der Waals surface area contributed by atoms with E-state index in [1.807, 2.05) is 6.07 Å². The van der Waals surface area contributed by atoms with Crippen LogP contribution in [0.25, 0.3) is 11.2 Å². The quantitative estimate of drug-likeness (QED) is 0.655. The number of carbonyl (C=O) groups is 1. The molecule has 2 heterocycles. The van der Waals surface area contributed by atoms with Gasteiger partial charge in [0.05, 0.1) is 12.3 Å². The second-order valence-electron chi connectivity index (χ2n) is 5.67. The summed E-state index contributed by atoms with van der Waals surface area (Å²) >= 11 is 7.02. The largest absolute Gasteiger partial charge is 0.481 e. The number of imidazole rings is 1. The van der Waals surface area contributed by atoms with E-state index in [2.05, 4.69) is 4.98 Å². The lowest BCUT2D eigenvalue weighted by Crippen LogP contribution is -2.37. The fourth-order valence-electron chi connectivity index (χ4n) is 2.63. The number of rotatable bonds is 5. The van der Waals surface area contributed by atoms with Crippen LogP contribution < -0.4 is 11.2 Å². The minimum atomic E-state index is -1.00. The second-order valence-corrected chi connectivity index (χ2v) is 7.05. The van der Waals surface area contributed by atoms with Crippen molar-refractivity contribution in [1.82, 2.24) is 18.7 Å². The van der Waals surface area contributed by atoms with Gasteiger partial charge in [0.25, 0.3) is 5.56 Å². The normalized spacial score (nSPS) is 11.2. The number of aromatic nitrogens is 4. The van der Waals surface area contributed by atoms with Crippen molar-refractivity contribution >= 4 is 40.5 Å². The molecule has 0 bridgehead atoms. The molecule has 3 rings (SSSR count). The number of benzene rings is 1. The van der Waals surface area contributed by atoms with Gasteiger partial charge in [0.1, 0.15) is 0 Å². The first kappa shape index (κ1) is 18.3. The Morgan fingerprint density at radius 3 is 2.65 bits per heavy atom. The van der Waals surface area contributed by atoms with Crippen molar-refractivity contribution in [2.45, 2.75) is 11.7 Å². The van der Waals surface area contributed by atoms with Gasteiger partial charge in [0.15, 0.2) is 16.3 Å². The molecule has 10 heteroatoms. The van der Waals surface area contributed by atoms with Crippen LogP contribution >= 0.6 is 23.4 Å². The highest BCUT2D eigenvalue weighted by Gasteiger charge is 2.20. The molecule has 0 saturated heterocycles. The zero-order valence-electron chi connectivity index (χ0n) is 14.0. The molecule has 26 heavy (non-hydrogen) atoms. The minimum absolute atomic E-state index is 0.215. The number of carboxylic acid groups (broad SMARTS) is 1. The molecule has 0 aliphatic rings. The van der Waals surface area contributed by atoms with Crippen molar-refractivity contribution in [2.75, 3.05) is 5.75 Å². The maximum Gasteiger partial charge on any atom is 0.332 e. The van der Waals surface area contributed by atoms with Crippen LogP contribution in [-0.4, -0.2) is 35.5 Å². The molecule has 0 unspecified atom stereocenters. The number of thioether (sulfide) groups is 1. The third kappa shape index (κ3) is 3.27. The first-order valence-electron chi connectivity index (χ1n) is 7.55. The highest BCUT2D eigenvalue weighted by Crippen LogP contribution is 2.23. The van der Waals surface area contributed by atoms with Crippen LogP contribution in [0.5, 0.6) is 0 Å². The molecule has 8 nitrogen and oxygen atoms in total. The van der Waals surface area contributed by atoms with Gasteiger partial charge in [-0.15, -0.1) is 0 Å². The molecule has 0 radical (unpaired) electrons. The lowest BCUT2D eigenvalue weighted by Gasteiger charge is -2.09. The number of aliphatic carboxylic acids is 1. The van der Waals surface area contributed by atoms with Gasteiger partial charge in [0.2, 0.25) is 0 Å². The highest BCUT2D eigenvalue weighted by atomic mass is 35.5. The average Bonchev–Trinajstić information content (AvgIpc) is 2.95. The number of aryl methyl sites for hydroxylation is 1. The summed E-state index contributed by atoms with van der Waals surface area (Å²) in [5.74, 6) is -1.22. The van der Waals surface area contributed by atoms with Crippen molar-refractivity contribution in [1.29, 1.82) is 0 Å².